The first-order valence-electron chi connectivity index (χ1n) is 5.24. The molecular weight excluding hydrogens is 277 g/mol. The summed E-state index contributed by atoms with van der Waals surface area (Å²) in [6.45, 7) is 2.00. The molecule has 1 aromatic carbocycles. The molecule has 0 unspecified atom stereocenters. The summed E-state index contributed by atoms with van der Waals surface area (Å²) in [4.78, 5) is 24.6. The summed E-state index contributed by atoms with van der Waals surface area (Å²) in [6.07, 6.45) is 1.32. The molecule has 0 bridgehead atoms. The van der Waals surface area contributed by atoms with Gasteiger partial charge in [0.1, 0.15) is 5.82 Å². The molecule has 0 aliphatic carbocycles. The molecule has 0 radical (unpaired) electrons. The van der Waals surface area contributed by atoms with Crippen molar-refractivity contribution in [2.75, 3.05) is 6.54 Å². The molecule has 94 valence electrons. The first-order valence-corrected chi connectivity index (χ1v) is 6.43. The van der Waals surface area contributed by atoms with Crippen LogP contribution < -0.4 is 0 Å². The fourth-order valence-electron chi connectivity index (χ4n) is 1.55. The lowest BCUT2D eigenvalue weighted by molar-refractivity contribution is -0.122. The van der Waals surface area contributed by atoms with Gasteiger partial charge in [0, 0.05) is 12.1 Å². The molecule has 0 saturated carbocycles. The highest BCUT2D eigenvalue weighted by Crippen LogP contribution is 2.33. The molecule has 0 aromatic heterocycles. The maximum atomic E-state index is 13.6. The van der Waals surface area contributed by atoms with Crippen LogP contribution >= 0.6 is 23.4 Å². The zero-order valence-electron chi connectivity index (χ0n) is 9.44. The number of thioether (sulfide) groups is 1. The van der Waals surface area contributed by atoms with Gasteiger partial charge in [-0.05, 0) is 36.9 Å². The molecule has 2 amide bonds. The van der Waals surface area contributed by atoms with Gasteiger partial charge in [-0.15, -0.1) is 0 Å². The van der Waals surface area contributed by atoms with Crippen molar-refractivity contribution in [1.82, 2.24) is 4.90 Å². The van der Waals surface area contributed by atoms with Crippen LogP contribution in [0.15, 0.2) is 23.1 Å². The van der Waals surface area contributed by atoms with E-state index in [0.29, 0.717) is 6.54 Å². The monoisotopic (exact) mass is 285 g/mol. The topological polar surface area (TPSA) is 37.4 Å². The number of hydrogen-bond donors (Lipinski definition) is 0. The number of amides is 2. The third-order valence-corrected chi connectivity index (χ3v) is 3.70. The number of carbonyl (C=O) groups is 2. The van der Waals surface area contributed by atoms with Crippen molar-refractivity contribution in [3.8, 4) is 0 Å². The van der Waals surface area contributed by atoms with Crippen LogP contribution in [0.25, 0.3) is 6.08 Å². The third kappa shape index (κ3) is 2.28. The van der Waals surface area contributed by atoms with Crippen LogP contribution in [0, 0.1) is 5.82 Å². The van der Waals surface area contributed by atoms with E-state index in [1.54, 1.807) is 6.92 Å². The van der Waals surface area contributed by atoms with E-state index in [4.69, 9.17) is 11.6 Å². The molecule has 1 aliphatic rings. The zero-order valence-corrected chi connectivity index (χ0v) is 11.0. The fraction of sp³-hybridized carbons (Fsp3) is 0.167. The van der Waals surface area contributed by atoms with Gasteiger partial charge in [0.2, 0.25) is 0 Å². The Morgan fingerprint density at radius 2 is 2.17 bits per heavy atom. The molecule has 2 rings (SSSR count). The Morgan fingerprint density at radius 1 is 1.44 bits per heavy atom. The van der Waals surface area contributed by atoms with Crippen LogP contribution in [0.4, 0.5) is 9.18 Å². The molecule has 0 N–H and O–H groups in total. The van der Waals surface area contributed by atoms with E-state index in [-0.39, 0.29) is 20.7 Å². The number of nitrogens with zero attached hydrogens (tertiary/aromatic N) is 1. The predicted octanol–water partition coefficient (Wildman–Crippen LogP) is 3.54. The Kier molecular flexibility index (Phi) is 3.73. The molecule has 1 fully saturated rings. The minimum Gasteiger partial charge on any atom is -0.269 e. The minimum atomic E-state index is -0.522. The molecule has 6 heteroatoms. The standard InChI is InChI=1S/C12H9ClFNO2S/c1-2-15-11(16)10(18-12(15)17)6-7-8(13)4-3-5-9(7)14/h3-6H,2H2,1H3/b10-6-. The van der Waals surface area contributed by atoms with E-state index in [9.17, 15) is 14.0 Å². The third-order valence-electron chi connectivity index (χ3n) is 2.46. The first kappa shape index (κ1) is 13.1. The molecule has 1 heterocycles. The second-order valence-electron chi connectivity index (χ2n) is 3.56. The molecule has 0 atom stereocenters. The number of likely N-dealkylation sites (N-methyl/N-ethyl adjacent to an activating group) is 1. The minimum absolute atomic E-state index is 0.126. The van der Waals surface area contributed by atoms with Gasteiger partial charge in [-0.1, -0.05) is 17.7 Å². The average Bonchev–Trinajstić information content (AvgIpc) is 2.59. The molecule has 1 aliphatic heterocycles. The van der Waals surface area contributed by atoms with E-state index in [0.717, 1.165) is 16.7 Å². The van der Waals surface area contributed by atoms with Gasteiger partial charge in [-0.25, -0.2) is 4.39 Å². The highest BCUT2D eigenvalue weighted by atomic mass is 35.5. The largest absolute Gasteiger partial charge is 0.293 e. The Bertz CT molecular complexity index is 539. The molecule has 18 heavy (non-hydrogen) atoms. The van der Waals surface area contributed by atoms with Gasteiger partial charge >= 0.3 is 0 Å². The van der Waals surface area contributed by atoms with Crippen molar-refractivity contribution in [2.24, 2.45) is 0 Å². The van der Waals surface area contributed by atoms with Gasteiger partial charge < -0.3 is 0 Å². The molecule has 3 nitrogen and oxygen atoms in total. The van der Waals surface area contributed by atoms with Gasteiger partial charge in [-0.2, -0.15) is 0 Å². The Balaban J connectivity index is 2.41. The number of imide groups is 1. The summed E-state index contributed by atoms with van der Waals surface area (Å²) in [7, 11) is 0. The number of halogens is 2. The van der Waals surface area contributed by atoms with Crippen molar-refractivity contribution in [3.63, 3.8) is 0 Å². The first-order chi connectivity index (χ1) is 8.54. The number of benzene rings is 1. The van der Waals surface area contributed by atoms with Gasteiger partial charge in [0.05, 0.1) is 9.93 Å². The molecule has 0 spiro atoms. The van der Waals surface area contributed by atoms with Crippen LogP contribution in [0.5, 0.6) is 0 Å². The Morgan fingerprint density at radius 3 is 2.72 bits per heavy atom. The van der Waals surface area contributed by atoms with E-state index in [2.05, 4.69) is 0 Å². The molecule has 1 saturated heterocycles. The van der Waals surface area contributed by atoms with Crippen molar-refractivity contribution < 1.29 is 14.0 Å². The maximum absolute atomic E-state index is 13.6. The SMILES string of the molecule is CCN1C(=O)S/C(=C\c2c(F)cccc2Cl)C1=O. The second kappa shape index (κ2) is 5.12. The number of carbonyl (C=O) groups excluding carboxylic acids is 2. The summed E-state index contributed by atoms with van der Waals surface area (Å²) in [5.74, 6) is -0.933. The van der Waals surface area contributed by atoms with Gasteiger partial charge in [0.15, 0.2) is 0 Å². The van der Waals surface area contributed by atoms with E-state index >= 15 is 0 Å². The summed E-state index contributed by atoms with van der Waals surface area (Å²) in [5, 5.41) is -0.139. The van der Waals surface area contributed by atoms with Crippen LogP contribution in [0.1, 0.15) is 12.5 Å². The smallest absolute Gasteiger partial charge is 0.269 e. The second-order valence-corrected chi connectivity index (χ2v) is 4.96. The highest BCUT2D eigenvalue weighted by molar-refractivity contribution is 8.18. The highest BCUT2D eigenvalue weighted by Gasteiger charge is 2.33. The van der Waals surface area contributed by atoms with Crippen LogP contribution in [0.3, 0.4) is 0 Å². The van der Waals surface area contributed by atoms with Crippen LogP contribution in [-0.2, 0) is 4.79 Å². The quantitative estimate of drug-likeness (QED) is 0.780. The van der Waals surface area contributed by atoms with E-state index < -0.39 is 11.7 Å². The summed E-state index contributed by atoms with van der Waals surface area (Å²) >= 11 is 6.65. The summed E-state index contributed by atoms with van der Waals surface area (Å²) < 4.78 is 13.6. The fourth-order valence-corrected chi connectivity index (χ4v) is 2.65. The summed E-state index contributed by atoms with van der Waals surface area (Å²) in [5.41, 5.74) is 0.126. The van der Waals surface area contributed by atoms with Crippen LogP contribution in [-0.4, -0.2) is 22.6 Å². The lowest BCUT2D eigenvalue weighted by atomic mass is 10.2. The van der Waals surface area contributed by atoms with Crippen molar-refractivity contribution in [3.05, 3.63) is 39.5 Å². The molecular formula is C12H9ClFNO2S. The van der Waals surface area contributed by atoms with E-state index in [1.165, 1.54) is 24.3 Å². The Labute approximate surface area is 113 Å². The van der Waals surface area contributed by atoms with Crippen molar-refractivity contribution in [1.29, 1.82) is 0 Å². The molecule has 1 aromatic rings. The normalized spacial score (nSPS) is 17.9. The predicted molar refractivity (Wildman–Crippen MR) is 69.8 cm³/mol. The van der Waals surface area contributed by atoms with Gasteiger partial charge in [0.25, 0.3) is 11.1 Å². The van der Waals surface area contributed by atoms with Crippen molar-refractivity contribution in [2.45, 2.75) is 6.92 Å². The average molecular weight is 286 g/mol. The lowest BCUT2D eigenvalue weighted by Gasteiger charge is -2.07. The zero-order chi connectivity index (χ0) is 13.3. The lowest BCUT2D eigenvalue weighted by Crippen LogP contribution is -2.27. The summed E-state index contributed by atoms with van der Waals surface area (Å²) in [6, 6.07) is 4.26. The number of hydrogen-bond acceptors (Lipinski definition) is 3. The Hall–Kier alpha value is -1.33. The maximum Gasteiger partial charge on any atom is 0.293 e. The van der Waals surface area contributed by atoms with E-state index in [1.807, 2.05) is 0 Å². The van der Waals surface area contributed by atoms with Crippen LogP contribution in [0.2, 0.25) is 5.02 Å². The number of rotatable bonds is 2. The van der Waals surface area contributed by atoms with Crippen molar-refractivity contribution >= 4 is 40.6 Å². The van der Waals surface area contributed by atoms with Gasteiger partial charge in [-0.3, -0.25) is 14.5 Å².